The van der Waals surface area contributed by atoms with Gasteiger partial charge in [0.05, 0.1) is 18.2 Å². The van der Waals surface area contributed by atoms with E-state index >= 15 is 0 Å². The first kappa shape index (κ1) is 9.49. The van der Waals surface area contributed by atoms with Crippen LogP contribution in [0.1, 0.15) is 6.42 Å². The number of alkyl halides is 1. The lowest BCUT2D eigenvalue weighted by atomic mass is 10.2. The largest absolute Gasteiger partial charge is 0.379 e. The summed E-state index contributed by atoms with van der Waals surface area (Å²) in [6.45, 7) is 5.02. The first-order valence-corrected chi connectivity index (χ1v) is 5.64. The van der Waals surface area contributed by atoms with E-state index < -0.39 is 0 Å². The summed E-state index contributed by atoms with van der Waals surface area (Å²) in [7, 11) is 0. The van der Waals surface area contributed by atoms with Crippen molar-refractivity contribution in [1.82, 2.24) is 10.2 Å². The topological polar surface area (TPSA) is 24.5 Å². The quantitative estimate of drug-likeness (QED) is 0.580. The van der Waals surface area contributed by atoms with Crippen molar-refractivity contribution in [3.05, 3.63) is 11.8 Å². The number of halogens is 1. The number of nitrogens with zero attached hydrogens (tertiary/aromatic N) is 1. The van der Waals surface area contributed by atoms with Crippen LogP contribution < -0.4 is 5.32 Å². The van der Waals surface area contributed by atoms with Gasteiger partial charge in [-0.05, 0) is 11.8 Å². The highest BCUT2D eigenvalue weighted by atomic mass is 79.9. The van der Waals surface area contributed by atoms with Crippen LogP contribution in [0.25, 0.3) is 0 Å². The average Bonchev–Trinajstić information content (AvgIpc) is 2.53. The van der Waals surface area contributed by atoms with Gasteiger partial charge in [0.2, 0.25) is 0 Å². The van der Waals surface area contributed by atoms with Gasteiger partial charge in [0.25, 0.3) is 0 Å². The second-order valence-corrected chi connectivity index (χ2v) is 4.63. The van der Waals surface area contributed by atoms with Crippen molar-refractivity contribution in [3.8, 4) is 0 Å². The maximum absolute atomic E-state index is 5.30. The van der Waals surface area contributed by atoms with Crippen LogP contribution in [0, 0.1) is 0 Å². The van der Waals surface area contributed by atoms with E-state index in [2.05, 4.69) is 32.3 Å². The molecule has 0 radical (unpaired) electrons. The molecule has 3 nitrogen and oxygen atoms in total. The average molecular weight is 247 g/mol. The minimum absolute atomic E-state index is 0.448. The predicted molar refractivity (Wildman–Crippen MR) is 55.8 cm³/mol. The van der Waals surface area contributed by atoms with Crippen molar-refractivity contribution in [1.29, 1.82) is 0 Å². The van der Waals surface area contributed by atoms with Crippen LogP contribution in [0.4, 0.5) is 0 Å². The smallest absolute Gasteiger partial charge is 0.0851 e. The second kappa shape index (κ2) is 4.44. The third kappa shape index (κ3) is 2.69. The summed E-state index contributed by atoms with van der Waals surface area (Å²) in [6.07, 6.45) is 3.26. The molecule has 0 aromatic heterocycles. The van der Waals surface area contributed by atoms with E-state index in [1.807, 2.05) is 0 Å². The fourth-order valence-corrected chi connectivity index (χ4v) is 2.26. The number of hydrogen-bond acceptors (Lipinski definition) is 3. The Hall–Kier alpha value is -0.0600. The highest BCUT2D eigenvalue weighted by Gasteiger charge is 2.17. The van der Waals surface area contributed by atoms with Gasteiger partial charge in [0.15, 0.2) is 0 Å². The standard InChI is InChI=1S/C9H15BrN2O/c10-9-5-8(6-11-9)7-12-1-3-13-4-2-12/h6,9,11H,1-5,7H2. The van der Waals surface area contributed by atoms with E-state index in [9.17, 15) is 0 Å². The molecule has 1 unspecified atom stereocenters. The highest BCUT2D eigenvalue weighted by molar-refractivity contribution is 9.09. The van der Waals surface area contributed by atoms with Gasteiger partial charge in [-0.2, -0.15) is 0 Å². The van der Waals surface area contributed by atoms with Crippen LogP contribution in [-0.2, 0) is 4.74 Å². The molecule has 13 heavy (non-hydrogen) atoms. The van der Waals surface area contributed by atoms with Crippen LogP contribution in [0.2, 0.25) is 0 Å². The Morgan fingerprint density at radius 3 is 2.92 bits per heavy atom. The Kier molecular flexibility index (Phi) is 3.24. The van der Waals surface area contributed by atoms with Gasteiger partial charge in [-0.15, -0.1) is 0 Å². The van der Waals surface area contributed by atoms with Crippen LogP contribution in [0.5, 0.6) is 0 Å². The summed E-state index contributed by atoms with van der Waals surface area (Å²) in [4.78, 5) is 2.89. The van der Waals surface area contributed by atoms with Crippen molar-refractivity contribution < 1.29 is 4.74 Å². The first-order valence-electron chi connectivity index (χ1n) is 4.73. The van der Waals surface area contributed by atoms with E-state index in [1.165, 1.54) is 5.57 Å². The van der Waals surface area contributed by atoms with Gasteiger partial charge in [0, 0.05) is 26.1 Å². The molecular weight excluding hydrogens is 232 g/mol. The molecule has 1 saturated heterocycles. The zero-order chi connectivity index (χ0) is 9.10. The van der Waals surface area contributed by atoms with Crippen LogP contribution >= 0.6 is 15.9 Å². The molecule has 1 atom stereocenters. The van der Waals surface area contributed by atoms with Gasteiger partial charge in [0.1, 0.15) is 0 Å². The molecule has 1 N–H and O–H groups in total. The van der Waals surface area contributed by atoms with Gasteiger partial charge in [-0.3, -0.25) is 4.90 Å². The normalized spacial score (nSPS) is 29.9. The molecule has 0 aromatic rings. The molecule has 0 bridgehead atoms. The number of nitrogens with one attached hydrogen (secondary N) is 1. The number of morpholine rings is 1. The highest BCUT2D eigenvalue weighted by Crippen LogP contribution is 2.17. The minimum atomic E-state index is 0.448. The SMILES string of the molecule is BrC1CC(CN2CCOCC2)=CN1. The fourth-order valence-electron chi connectivity index (χ4n) is 1.71. The Balaban J connectivity index is 1.77. The fraction of sp³-hybridized carbons (Fsp3) is 0.778. The second-order valence-electron chi connectivity index (χ2n) is 3.53. The lowest BCUT2D eigenvalue weighted by Gasteiger charge is -2.26. The molecule has 2 rings (SSSR count). The molecule has 2 heterocycles. The molecule has 0 spiro atoms. The summed E-state index contributed by atoms with van der Waals surface area (Å²) in [5.41, 5.74) is 1.49. The van der Waals surface area contributed by atoms with Crippen molar-refractivity contribution in [2.24, 2.45) is 0 Å². The Labute approximate surface area is 87.2 Å². The van der Waals surface area contributed by atoms with E-state index in [-0.39, 0.29) is 0 Å². The van der Waals surface area contributed by atoms with E-state index in [4.69, 9.17) is 4.74 Å². The number of hydrogen-bond donors (Lipinski definition) is 1. The molecule has 4 heteroatoms. The summed E-state index contributed by atoms with van der Waals surface area (Å²) >= 11 is 3.54. The van der Waals surface area contributed by atoms with Crippen molar-refractivity contribution >= 4 is 15.9 Å². The third-order valence-corrected chi connectivity index (χ3v) is 3.03. The van der Waals surface area contributed by atoms with Crippen LogP contribution in [0.3, 0.4) is 0 Å². The summed E-state index contributed by atoms with van der Waals surface area (Å²) in [5.74, 6) is 0. The van der Waals surface area contributed by atoms with Gasteiger partial charge in [-0.1, -0.05) is 15.9 Å². The van der Waals surface area contributed by atoms with E-state index in [1.54, 1.807) is 0 Å². The lowest BCUT2D eigenvalue weighted by Crippen LogP contribution is -2.37. The van der Waals surface area contributed by atoms with Crippen LogP contribution in [-0.4, -0.2) is 42.7 Å². The minimum Gasteiger partial charge on any atom is -0.379 e. The molecule has 2 aliphatic rings. The first-order chi connectivity index (χ1) is 6.34. The van der Waals surface area contributed by atoms with Gasteiger partial charge in [-0.25, -0.2) is 0 Å². The van der Waals surface area contributed by atoms with Crippen molar-refractivity contribution in [2.75, 3.05) is 32.8 Å². The summed E-state index contributed by atoms with van der Waals surface area (Å²) in [6, 6.07) is 0. The molecule has 1 fully saturated rings. The molecule has 0 saturated carbocycles. The number of rotatable bonds is 2. The summed E-state index contributed by atoms with van der Waals surface area (Å²) < 4.78 is 5.30. The zero-order valence-corrected chi connectivity index (χ0v) is 9.22. The van der Waals surface area contributed by atoms with E-state index in [0.717, 1.165) is 39.3 Å². The predicted octanol–water partition coefficient (Wildman–Crippen LogP) is 0.917. The van der Waals surface area contributed by atoms with Crippen LogP contribution in [0.15, 0.2) is 11.8 Å². The molecule has 2 aliphatic heterocycles. The lowest BCUT2D eigenvalue weighted by molar-refractivity contribution is 0.0421. The maximum atomic E-state index is 5.30. The summed E-state index contributed by atoms with van der Waals surface area (Å²) in [5, 5.41) is 3.26. The van der Waals surface area contributed by atoms with Crippen molar-refractivity contribution in [2.45, 2.75) is 11.4 Å². The molecule has 0 amide bonds. The van der Waals surface area contributed by atoms with Gasteiger partial charge >= 0.3 is 0 Å². The van der Waals surface area contributed by atoms with Crippen molar-refractivity contribution in [3.63, 3.8) is 0 Å². The third-order valence-electron chi connectivity index (χ3n) is 2.44. The maximum Gasteiger partial charge on any atom is 0.0851 e. The molecular formula is C9H15BrN2O. The molecule has 0 aliphatic carbocycles. The monoisotopic (exact) mass is 246 g/mol. The molecule has 0 aromatic carbocycles. The van der Waals surface area contributed by atoms with Gasteiger partial charge < -0.3 is 10.1 Å². The molecule has 74 valence electrons. The zero-order valence-electron chi connectivity index (χ0n) is 7.63. The van der Waals surface area contributed by atoms with E-state index in [0.29, 0.717) is 4.95 Å². The Morgan fingerprint density at radius 2 is 2.31 bits per heavy atom. The Bertz CT molecular complexity index is 202. The Morgan fingerprint density at radius 1 is 1.54 bits per heavy atom. The number of ether oxygens (including phenoxy) is 1.